The van der Waals surface area contributed by atoms with E-state index in [4.69, 9.17) is 9.88 Å². The lowest BCUT2D eigenvalue weighted by molar-refractivity contribution is -0.0117. The molecule has 0 aliphatic carbocycles. The van der Waals surface area contributed by atoms with Crippen LogP contribution in [0.3, 0.4) is 0 Å². The molecule has 1 atom stereocenters. The third-order valence-corrected chi connectivity index (χ3v) is 3.55. The lowest BCUT2D eigenvalue weighted by Gasteiger charge is -2.25. The first kappa shape index (κ1) is 13.1. The molecule has 8 heteroatoms. The van der Waals surface area contributed by atoms with Crippen molar-refractivity contribution in [3.05, 3.63) is 5.82 Å². The van der Waals surface area contributed by atoms with Gasteiger partial charge in [-0.05, 0) is 13.3 Å². The second-order valence-electron chi connectivity index (χ2n) is 3.70. The summed E-state index contributed by atoms with van der Waals surface area (Å²) in [4.78, 5) is 0. The molecule has 1 rings (SSSR count). The van der Waals surface area contributed by atoms with Gasteiger partial charge in [0, 0.05) is 14.2 Å². The van der Waals surface area contributed by atoms with E-state index in [-0.39, 0.29) is 5.16 Å². The molecule has 0 aromatic carbocycles. The van der Waals surface area contributed by atoms with Crippen molar-refractivity contribution in [3.63, 3.8) is 0 Å². The fraction of sp³-hybridized carbons (Fsp3) is 0.750. The van der Waals surface area contributed by atoms with E-state index in [1.54, 1.807) is 7.05 Å². The molecule has 2 N–H and O–H groups in total. The number of hydrogen-bond acceptors (Lipinski definition) is 5. The summed E-state index contributed by atoms with van der Waals surface area (Å²) >= 11 is 0. The summed E-state index contributed by atoms with van der Waals surface area (Å²) in [5, 5.41) is 12.1. The van der Waals surface area contributed by atoms with Gasteiger partial charge in [-0.2, -0.15) is 0 Å². The van der Waals surface area contributed by atoms with E-state index < -0.39 is 15.6 Å². The molecule has 7 nitrogen and oxygen atoms in total. The number of ether oxygens (including phenoxy) is 1. The molecule has 0 saturated heterocycles. The van der Waals surface area contributed by atoms with Gasteiger partial charge >= 0.3 is 0 Å². The second kappa shape index (κ2) is 4.11. The fourth-order valence-electron chi connectivity index (χ4n) is 1.42. The molecular formula is C8H16N4O3S. The highest BCUT2D eigenvalue weighted by Gasteiger charge is 2.32. The van der Waals surface area contributed by atoms with Gasteiger partial charge in [-0.3, -0.25) is 0 Å². The van der Waals surface area contributed by atoms with E-state index in [9.17, 15) is 8.42 Å². The maximum atomic E-state index is 11.2. The van der Waals surface area contributed by atoms with Gasteiger partial charge in [-0.25, -0.2) is 13.6 Å². The van der Waals surface area contributed by atoms with Gasteiger partial charge in [-0.15, -0.1) is 10.2 Å². The first-order valence-corrected chi connectivity index (χ1v) is 6.28. The van der Waals surface area contributed by atoms with E-state index in [1.165, 1.54) is 11.7 Å². The van der Waals surface area contributed by atoms with Crippen molar-refractivity contribution in [1.82, 2.24) is 14.8 Å². The molecule has 0 bridgehead atoms. The number of hydrogen-bond donors (Lipinski definition) is 1. The fourth-order valence-corrected chi connectivity index (χ4v) is 2.04. The van der Waals surface area contributed by atoms with Crippen LogP contribution in [-0.4, -0.2) is 30.3 Å². The minimum absolute atomic E-state index is 0.265. The zero-order valence-corrected chi connectivity index (χ0v) is 10.6. The van der Waals surface area contributed by atoms with Crippen molar-refractivity contribution >= 4 is 10.0 Å². The quantitative estimate of drug-likeness (QED) is 0.790. The highest BCUT2D eigenvalue weighted by molar-refractivity contribution is 7.89. The highest BCUT2D eigenvalue weighted by Crippen LogP contribution is 2.26. The molecule has 0 radical (unpaired) electrons. The Kier molecular flexibility index (Phi) is 3.36. The van der Waals surface area contributed by atoms with Crippen LogP contribution >= 0.6 is 0 Å². The van der Waals surface area contributed by atoms with Gasteiger partial charge in [0.1, 0.15) is 5.60 Å². The largest absolute Gasteiger partial charge is 0.371 e. The molecule has 0 aliphatic rings. The third-order valence-electron chi connectivity index (χ3n) is 2.69. The van der Waals surface area contributed by atoms with E-state index in [1.807, 2.05) is 13.8 Å². The first-order chi connectivity index (χ1) is 7.26. The number of aromatic nitrogens is 3. The summed E-state index contributed by atoms with van der Waals surface area (Å²) in [7, 11) is -0.775. The molecule has 0 saturated carbocycles. The molecule has 1 aromatic heterocycles. The molecule has 0 fully saturated rings. The molecule has 1 unspecified atom stereocenters. The molecule has 1 heterocycles. The summed E-state index contributed by atoms with van der Waals surface area (Å²) in [6, 6.07) is 0. The molecule has 0 aliphatic heterocycles. The Morgan fingerprint density at radius 1 is 1.50 bits per heavy atom. The molecule has 0 amide bonds. The Labute approximate surface area is 94.7 Å². The van der Waals surface area contributed by atoms with Crippen LogP contribution in [0, 0.1) is 0 Å². The van der Waals surface area contributed by atoms with Crippen LogP contribution in [0.15, 0.2) is 5.16 Å². The standard InChI is InChI=1S/C8H16N4O3S/c1-5-8(2,15-4)6-10-11-7(12(6)3)16(9,13)14/h5H2,1-4H3,(H2,9,13,14). The normalized spacial score (nSPS) is 16.1. The minimum Gasteiger partial charge on any atom is -0.371 e. The predicted octanol–water partition coefficient (Wildman–Crippen LogP) is -0.266. The van der Waals surface area contributed by atoms with Crippen molar-refractivity contribution in [2.75, 3.05) is 7.11 Å². The van der Waals surface area contributed by atoms with Crippen molar-refractivity contribution in [1.29, 1.82) is 0 Å². The van der Waals surface area contributed by atoms with E-state index in [2.05, 4.69) is 10.2 Å². The molecule has 16 heavy (non-hydrogen) atoms. The Bertz CT molecular complexity index is 475. The first-order valence-electron chi connectivity index (χ1n) is 4.74. The number of nitrogens with zero attached hydrogens (tertiary/aromatic N) is 3. The van der Waals surface area contributed by atoms with Crippen molar-refractivity contribution < 1.29 is 13.2 Å². The average Bonchev–Trinajstić information content (AvgIpc) is 2.59. The molecule has 1 aromatic rings. The Hall–Kier alpha value is -0.990. The second-order valence-corrected chi connectivity index (χ2v) is 5.15. The van der Waals surface area contributed by atoms with E-state index in [0.717, 1.165) is 0 Å². The monoisotopic (exact) mass is 248 g/mol. The predicted molar refractivity (Wildman–Crippen MR) is 57.0 cm³/mol. The van der Waals surface area contributed by atoms with Gasteiger partial charge in [0.05, 0.1) is 0 Å². The molecule has 92 valence electrons. The zero-order chi connectivity index (χ0) is 12.6. The number of nitrogens with two attached hydrogens (primary N) is 1. The van der Waals surface area contributed by atoms with Crippen LogP contribution < -0.4 is 5.14 Å². The van der Waals surface area contributed by atoms with Crippen molar-refractivity contribution in [3.8, 4) is 0 Å². The number of primary sulfonamides is 1. The third kappa shape index (κ3) is 2.08. The van der Waals surface area contributed by atoms with Crippen LogP contribution in [0.25, 0.3) is 0 Å². The summed E-state index contributed by atoms with van der Waals surface area (Å²) in [6.07, 6.45) is 0.639. The van der Waals surface area contributed by atoms with Crippen LogP contribution in [0.5, 0.6) is 0 Å². The van der Waals surface area contributed by atoms with Gasteiger partial charge in [-0.1, -0.05) is 6.92 Å². The summed E-state index contributed by atoms with van der Waals surface area (Å²) < 4.78 is 29.0. The topological polar surface area (TPSA) is 100 Å². The highest BCUT2D eigenvalue weighted by atomic mass is 32.2. The summed E-state index contributed by atoms with van der Waals surface area (Å²) in [5.74, 6) is 0.432. The van der Waals surface area contributed by atoms with Crippen LogP contribution in [-0.2, 0) is 27.4 Å². The summed E-state index contributed by atoms with van der Waals surface area (Å²) in [5.41, 5.74) is -0.676. The number of methoxy groups -OCH3 is 1. The number of rotatable bonds is 4. The average molecular weight is 248 g/mol. The van der Waals surface area contributed by atoms with Crippen LogP contribution in [0.4, 0.5) is 0 Å². The lowest BCUT2D eigenvalue weighted by atomic mass is 10.0. The van der Waals surface area contributed by atoms with Crippen LogP contribution in [0.2, 0.25) is 0 Å². The van der Waals surface area contributed by atoms with Gasteiger partial charge in [0.15, 0.2) is 5.82 Å². The van der Waals surface area contributed by atoms with Gasteiger partial charge < -0.3 is 9.30 Å². The van der Waals surface area contributed by atoms with Crippen LogP contribution in [0.1, 0.15) is 26.1 Å². The maximum absolute atomic E-state index is 11.2. The lowest BCUT2D eigenvalue weighted by Crippen LogP contribution is -2.28. The number of sulfonamides is 1. The van der Waals surface area contributed by atoms with Gasteiger partial charge in [0.2, 0.25) is 0 Å². The summed E-state index contributed by atoms with van der Waals surface area (Å²) in [6.45, 7) is 3.72. The maximum Gasteiger partial charge on any atom is 0.273 e. The SMILES string of the molecule is CCC(C)(OC)c1nnc(S(N)(=O)=O)n1C. The van der Waals surface area contributed by atoms with Crippen molar-refractivity contribution in [2.24, 2.45) is 12.2 Å². The Morgan fingerprint density at radius 3 is 2.38 bits per heavy atom. The smallest absolute Gasteiger partial charge is 0.273 e. The molecular weight excluding hydrogens is 232 g/mol. The molecule has 0 spiro atoms. The Balaban J connectivity index is 3.35. The zero-order valence-electron chi connectivity index (χ0n) is 9.76. The van der Waals surface area contributed by atoms with E-state index >= 15 is 0 Å². The van der Waals surface area contributed by atoms with Gasteiger partial charge in [0.25, 0.3) is 15.2 Å². The van der Waals surface area contributed by atoms with E-state index in [0.29, 0.717) is 12.2 Å². The van der Waals surface area contributed by atoms with Crippen molar-refractivity contribution in [2.45, 2.75) is 31.0 Å². The minimum atomic E-state index is -3.86. The Morgan fingerprint density at radius 2 is 2.06 bits per heavy atom.